The molecule has 0 unspecified atom stereocenters. The number of benzene rings is 1. The molecule has 0 spiro atoms. The Labute approximate surface area is 161 Å². The van der Waals surface area contributed by atoms with E-state index in [2.05, 4.69) is 23.4 Å². The van der Waals surface area contributed by atoms with Crippen molar-refractivity contribution in [1.29, 1.82) is 0 Å². The number of piperidine rings is 1. The lowest BCUT2D eigenvalue weighted by Crippen LogP contribution is -2.49. The Morgan fingerprint density at radius 1 is 1.33 bits per heavy atom. The highest BCUT2D eigenvalue weighted by Gasteiger charge is 2.31. The molecule has 1 heterocycles. The summed E-state index contributed by atoms with van der Waals surface area (Å²) in [6.07, 6.45) is 3.78. The number of likely N-dealkylation sites (tertiary alicyclic amines) is 1. The minimum Gasteiger partial charge on any atom is -0.493 e. The fourth-order valence-corrected chi connectivity index (χ4v) is 3.67. The molecule has 1 aromatic carbocycles. The van der Waals surface area contributed by atoms with Gasteiger partial charge in [0.05, 0.1) is 13.2 Å². The van der Waals surface area contributed by atoms with Crippen molar-refractivity contribution in [2.45, 2.75) is 38.6 Å². The van der Waals surface area contributed by atoms with Gasteiger partial charge in [-0.3, -0.25) is 9.69 Å². The van der Waals surface area contributed by atoms with Gasteiger partial charge in [-0.2, -0.15) is 0 Å². The molecule has 27 heavy (non-hydrogen) atoms. The van der Waals surface area contributed by atoms with Crippen molar-refractivity contribution in [3.8, 4) is 5.75 Å². The fourth-order valence-electron chi connectivity index (χ4n) is 3.67. The summed E-state index contributed by atoms with van der Waals surface area (Å²) in [4.78, 5) is 14.4. The van der Waals surface area contributed by atoms with Gasteiger partial charge in [0.15, 0.2) is 0 Å². The number of hydrogen-bond acceptors (Lipinski definition) is 3. The van der Waals surface area contributed by atoms with Crippen molar-refractivity contribution >= 4 is 11.5 Å². The monoisotopic (exact) mass is 372 g/mol. The number of nitrogens with zero attached hydrogens (tertiary/aromatic N) is 1. The van der Waals surface area contributed by atoms with E-state index in [0.29, 0.717) is 24.8 Å². The van der Waals surface area contributed by atoms with Gasteiger partial charge in [-0.25, -0.2) is 4.39 Å². The van der Waals surface area contributed by atoms with E-state index >= 15 is 0 Å². The molecule has 146 valence electrons. The van der Waals surface area contributed by atoms with Crippen molar-refractivity contribution < 1.29 is 13.9 Å². The third kappa shape index (κ3) is 5.42. The molecule has 1 saturated carbocycles. The van der Waals surface area contributed by atoms with Gasteiger partial charge in [0.1, 0.15) is 11.6 Å². The predicted octanol–water partition coefficient (Wildman–Crippen LogP) is 3.78. The Bertz CT molecular complexity index is 715. The molecule has 0 bridgehead atoms. The second-order valence-electron chi connectivity index (χ2n) is 7.86. The molecule has 1 amide bonds. The quantitative estimate of drug-likeness (QED) is 0.741. The molecule has 1 saturated heterocycles. The maximum atomic E-state index is 13.5. The van der Waals surface area contributed by atoms with Crippen molar-refractivity contribution in [1.82, 2.24) is 10.2 Å². The summed E-state index contributed by atoms with van der Waals surface area (Å²) < 4.78 is 19.3. The fraction of sp³-hybridized carbons (Fsp3) is 0.500. The molecule has 4 nitrogen and oxygen atoms in total. The summed E-state index contributed by atoms with van der Waals surface area (Å²) in [7, 11) is 0. The zero-order valence-corrected chi connectivity index (χ0v) is 16.1. The van der Waals surface area contributed by atoms with Gasteiger partial charge in [0.2, 0.25) is 5.91 Å². The molecular formula is C22H29FN2O2. The minimum atomic E-state index is -0.310. The largest absolute Gasteiger partial charge is 0.493 e. The highest BCUT2D eigenvalue weighted by molar-refractivity contribution is 5.78. The number of carbonyl (C=O) groups excluding carboxylic acids is 1. The molecule has 1 aromatic rings. The first kappa shape index (κ1) is 19.6. The molecule has 2 aliphatic rings. The predicted molar refractivity (Wildman–Crippen MR) is 106 cm³/mol. The van der Waals surface area contributed by atoms with E-state index in [1.807, 2.05) is 6.92 Å². The maximum absolute atomic E-state index is 13.5. The normalized spacial score (nSPS) is 22.8. The third-order valence-corrected chi connectivity index (χ3v) is 5.41. The summed E-state index contributed by atoms with van der Waals surface area (Å²) in [5.41, 5.74) is 2.97. The first-order valence-electron chi connectivity index (χ1n) is 9.67. The van der Waals surface area contributed by atoms with E-state index in [4.69, 9.17) is 4.74 Å². The lowest BCUT2D eigenvalue weighted by molar-refractivity contribution is -0.124. The first-order chi connectivity index (χ1) is 12.9. The van der Waals surface area contributed by atoms with Crippen LogP contribution in [-0.2, 0) is 4.79 Å². The van der Waals surface area contributed by atoms with Crippen LogP contribution >= 0.6 is 0 Å². The van der Waals surface area contributed by atoms with Crippen LogP contribution in [0.4, 0.5) is 4.39 Å². The van der Waals surface area contributed by atoms with Gasteiger partial charge < -0.3 is 10.1 Å². The number of amides is 1. The van der Waals surface area contributed by atoms with Crippen molar-refractivity contribution in [3.63, 3.8) is 0 Å². The van der Waals surface area contributed by atoms with Crippen molar-refractivity contribution in [2.75, 3.05) is 26.2 Å². The van der Waals surface area contributed by atoms with Crippen LogP contribution in [0.2, 0.25) is 0 Å². The second kappa shape index (κ2) is 8.70. The highest BCUT2D eigenvalue weighted by Crippen LogP contribution is 2.31. The number of allylic oxidation sites excluding steroid dienone is 1. The number of nitrogens with one attached hydrogen (secondary N) is 1. The van der Waals surface area contributed by atoms with E-state index in [-0.39, 0.29) is 17.8 Å². The first-order valence-corrected chi connectivity index (χ1v) is 9.67. The molecule has 5 heteroatoms. The van der Waals surface area contributed by atoms with Crippen LogP contribution in [-0.4, -0.2) is 43.1 Å². The van der Waals surface area contributed by atoms with Gasteiger partial charge in [-0.15, -0.1) is 0 Å². The van der Waals surface area contributed by atoms with Crippen LogP contribution in [0.3, 0.4) is 0 Å². The van der Waals surface area contributed by atoms with Crippen LogP contribution in [0.15, 0.2) is 36.9 Å². The molecule has 1 N–H and O–H groups in total. The standard InChI is InChI=1S/C22H29FN2O2/c1-15(2)20-5-4-18(23)12-21(20)27-14-17-10-19(11-17)24-22(26)13-25-8-6-16(3)7-9-25/h4-5,12,17,19H,1,3,6-11,13-14H2,2H3,(H,24,26). The van der Waals surface area contributed by atoms with E-state index in [9.17, 15) is 9.18 Å². The van der Waals surface area contributed by atoms with Crippen LogP contribution in [0.5, 0.6) is 5.75 Å². The van der Waals surface area contributed by atoms with Crippen LogP contribution in [0.25, 0.3) is 5.57 Å². The molecule has 3 rings (SSSR count). The van der Waals surface area contributed by atoms with E-state index in [0.717, 1.165) is 49.9 Å². The molecule has 1 aliphatic carbocycles. The number of hydrogen-bond donors (Lipinski definition) is 1. The minimum absolute atomic E-state index is 0.0987. The Balaban J connectivity index is 1.38. The average Bonchev–Trinajstić information content (AvgIpc) is 2.58. The molecular weight excluding hydrogens is 343 g/mol. The summed E-state index contributed by atoms with van der Waals surface area (Å²) in [6.45, 7) is 12.6. The number of carbonyl (C=O) groups is 1. The van der Waals surface area contributed by atoms with Crippen LogP contribution in [0, 0.1) is 11.7 Å². The highest BCUT2D eigenvalue weighted by atomic mass is 19.1. The lowest BCUT2D eigenvalue weighted by Gasteiger charge is -2.36. The number of ether oxygens (including phenoxy) is 1. The van der Waals surface area contributed by atoms with Gasteiger partial charge in [-0.05, 0) is 56.2 Å². The Hall–Kier alpha value is -2.14. The molecule has 2 fully saturated rings. The van der Waals surface area contributed by atoms with Gasteiger partial charge in [0.25, 0.3) is 0 Å². The average molecular weight is 372 g/mol. The second-order valence-corrected chi connectivity index (χ2v) is 7.86. The smallest absolute Gasteiger partial charge is 0.234 e. The number of rotatable bonds is 7. The topological polar surface area (TPSA) is 41.6 Å². The van der Waals surface area contributed by atoms with Crippen LogP contribution < -0.4 is 10.1 Å². The number of halogens is 1. The molecule has 0 atom stereocenters. The summed E-state index contributed by atoms with van der Waals surface area (Å²) in [5, 5.41) is 3.11. The van der Waals surface area contributed by atoms with Gasteiger partial charge in [-0.1, -0.05) is 18.7 Å². The van der Waals surface area contributed by atoms with E-state index in [1.54, 1.807) is 6.07 Å². The zero-order chi connectivity index (χ0) is 19.4. The summed E-state index contributed by atoms with van der Waals surface area (Å²) in [6, 6.07) is 4.75. The zero-order valence-electron chi connectivity index (χ0n) is 16.1. The van der Waals surface area contributed by atoms with Crippen molar-refractivity contribution in [2.24, 2.45) is 5.92 Å². The van der Waals surface area contributed by atoms with Crippen molar-refractivity contribution in [3.05, 3.63) is 48.3 Å². The SMILES string of the molecule is C=C1CCN(CC(=O)NC2CC(COc3cc(F)ccc3C(=C)C)C2)CC1. The van der Waals surface area contributed by atoms with Gasteiger partial charge >= 0.3 is 0 Å². The lowest BCUT2D eigenvalue weighted by atomic mass is 9.81. The summed E-state index contributed by atoms with van der Waals surface area (Å²) >= 11 is 0. The molecule has 0 aromatic heterocycles. The van der Waals surface area contributed by atoms with E-state index < -0.39 is 0 Å². The Morgan fingerprint density at radius 3 is 2.70 bits per heavy atom. The molecule has 0 radical (unpaired) electrons. The third-order valence-electron chi connectivity index (χ3n) is 5.41. The Morgan fingerprint density at radius 2 is 2.04 bits per heavy atom. The molecule has 1 aliphatic heterocycles. The maximum Gasteiger partial charge on any atom is 0.234 e. The summed E-state index contributed by atoms with van der Waals surface area (Å²) in [5.74, 6) is 0.716. The van der Waals surface area contributed by atoms with Crippen LogP contribution in [0.1, 0.15) is 38.2 Å². The van der Waals surface area contributed by atoms with Gasteiger partial charge in [0, 0.05) is 30.8 Å². The van der Waals surface area contributed by atoms with E-state index in [1.165, 1.54) is 17.7 Å². The Kier molecular flexibility index (Phi) is 6.32.